The van der Waals surface area contributed by atoms with Crippen LogP contribution in [0.3, 0.4) is 0 Å². The zero-order valence-electron chi connectivity index (χ0n) is 9.04. The van der Waals surface area contributed by atoms with Crippen molar-refractivity contribution in [1.82, 2.24) is 9.97 Å². The maximum atomic E-state index is 6.03. The van der Waals surface area contributed by atoms with Crippen LogP contribution < -0.4 is 11.1 Å². The quantitative estimate of drug-likeness (QED) is 0.820. The Bertz CT molecular complexity index is 557. The number of aryl methyl sites for hydroxylation is 1. The van der Waals surface area contributed by atoms with Crippen LogP contribution in [0.5, 0.6) is 0 Å². The first kappa shape index (κ1) is 12.0. The van der Waals surface area contributed by atoms with E-state index in [9.17, 15) is 0 Å². The summed E-state index contributed by atoms with van der Waals surface area (Å²) < 4.78 is 0. The molecule has 0 bridgehead atoms. The Hall–Kier alpha value is -1.52. The van der Waals surface area contributed by atoms with E-state index in [0.29, 0.717) is 22.2 Å². The fourth-order valence-corrected chi connectivity index (χ4v) is 1.73. The minimum atomic E-state index is 0.145. The van der Waals surface area contributed by atoms with Crippen LogP contribution in [0, 0.1) is 6.92 Å². The first-order chi connectivity index (χ1) is 8.08. The average molecular weight is 269 g/mol. The molecule has 0 unspecified atom stereocenters. The summed E-state index contributed by atoms with van der Waals surface area (Å²) in [5, 5.41) is 3.76. The van der Waals surface area contributed by atoms with Gasteiger partial charge in [0.15, 0.2) is 5.82 Å². The molecule has 0 saturated carbocycles. The van der Waals surface area contributed by atoms with Gasteiger partial charge in [-0.1, -0.05) is 23.7 Å². The number of rotatable bonds is 2. The summed E-state index contributed by atoms with van der Waals surface area (Å²) in [6.07, 6.45) is 0. The molecule has 0 saturated heterocycles. The van der Waals surface area contributed by atoms with Crippen LogP contribution in [0.4, 0.5) is 17.2 Å². The van der Waals surface area contributed by atoms with Gasteiger partial charge in [0.2, 0.25) is 5.28 Å². The molecular weight excluding hydrogens is 259 g/mol. The highest BCUT2D eigenvalue weighted by Crippen LogP contribution is 2.28. The van der Waals surface area contributed by atoms with Crippen molar-refractivity contribution in [3.63, 3.8) is 0 Å². The van der Waals surface area contributed by atoms with Gasteiger partial charge in [0.25, 0.3) is 0 Å². The molecule has 2 rings (SSSR count). The van der Waals surface area contributed by atoms with E-state index in [0.717, 1.165) is 5.69 Å². The number of aromatic nitrogens is 2. The number of hydrogen-bond acceptors (Lipinski definition) is 4. The number of nitrogens with two attached hydrogens (primary N) is 1. The Morgan fingerprint density at radius 3 is 2.59 bits per heavy atom. The van der Waals surface area contributed by atoms with E-state index in [1.54, 1.807) is 13.0 Å². The third kappa shape index (κ3) is 2.60. The summed E-state index contributed by atoms with van der Waals surface area (Å²) in [4.78, 5) is 7.98. The second-order valence-corrected chi connectivity index (χ2v) is 4.19. The Morgan fingerprint density at radius 2 is 1.88 bits per heavy atom. The molecule has 0 fully saturated rings. The molecule has 0 aliphatic carbocycles. The van der Waals surface area contributed by atoms with Crippen molar-refractivity contribution in [3.05, 3.63) is 40.3 Å². The Kier molecular flexibility index (Phi) is 3.36. The second kappa shape index (κ2) is 4.77. The lowest BCUT2D eigenvalue weighted by molar-refractivity contribution is 1.11. The smallest absolute Gasteiger partial charge is 0.224 e. The molecule has 0 aliphatic rings. The molecule has 0 aliphatic heterocycles. The fourth-order valence-electron chi connectivity index (χ4n) is 1.33. The lowest BCUT2D eigenvalue weighted by Gasteiger charge is -2.11. The first-order valence-electron chi connectivity index (χ1n) is 4.89. The number of nitrogen functional groups attached to an aromatic ring is 1. The molecule has 4 nitrogen and oxygen atoms in total. The van der Waals surface area contributed by atoms with Gasteiger partial charge in [-0.3, -0.25) is 0 Å². The average Bonchev–Trinajstić information content (AvgIpc) is 2.28. The number of halogens is 2. The zero-order chi connectivity index (χ0) is 12.4. The number of nitrogens with zero attached hydrogens (tertiary/aromatic N) is 2. The summed E-state index contributed by atoms with van der Waals surface area (Å²) in [7, 11) is 0. The van der Waals surface area contributed by atoms with Crippen molar-refractivity contribution < 1.29 is 0 Å². The summed E-state index contributed by atoms with van der Waals surface area (Å²) in [6, 6.07) is 7.30. The molecule has 1 aromatic heterocycles. The molecule has 17 heavy (non-hydrogen) atoms. The molecule has 2 aromatic rings. The molecule has 1 heterocycles. The van der Waals surface area contributed by atoms with Crippen LogP contribution in [-0.4, -0.2) is 9.97 Å². The van der Waals surface area contributed by atoms with Crippen LogP contribution in [0.1, 0.15) is 5.69 Å². The Labute approximate surface area is 109 Å². The van der Waals surface area contributed by atoms with Crippen LogP contribution >= 0.6 is 23.2 Å². The highest BCUT2D eigenvalue weighted by atomic mass is 35.5. The lowest BCUT2D eigenvalue weighted by Crippen LogP contribution is -2.04. The molecular formula is C11H10Cl2N4. The molecule has 0 atom stereocenters. The van der Waals surface area contributed by atoms with Gasteiger partial charge in [0, 0.05) is 0 Å². The summed E-state index contributed by atoms with van der Waals surface area (Å²) in [5.74, 6) is 0.454. The van der Waals surface area contributed by atoms with E-state index in [-0.39, 0.29) is 5.28 Å². The van der Waals surface area contributed by atoms with Crippen molar-refractivity contribution in [2.75, 3.05) is 11.1 Å². The largest absolute Gasteiger partial charge is 0.394 e. The fraction of sp³-hybridized carbons (Fsp3) is 0.0909. The van der Waals surface area contributed by atoms with Crippen LogP contribution in [0.25, 0.3) is 0 Å². The predicted octanol–water partition coefficient (Wildman–Crippen LogP) is 3.42. The predicted molar refractivity (Wildman–Crippen MR) is 70.9 cm³/mol. The second-order valence-electron chi connectivity index (χ2n) is 3.45. The van der Waals surface area contributed by atoms with Gasteiger partial charge in [-0.05, 0) is 30.7 Å². The van der Waals surface area contributed by atoms with E-state index < -0.39 is 0 Å². The van der Waals surface area contributed by atoms with E-state index in [2.05, 4.69) is 15.3 Å². The van der Waals surface area contributed by atoms with Gasteiger partial charge in [-0.2, -0.15) is 4.98 Å². The number of nitrogens with one attached hydrogen (secondary N) is 1. The molecule has 0 amide bonds. The maximum Gasteiger partial charge on any atom is 0.224 e. The molecule has 0 spiro atoms. The van der Waals surface area contributed by atoms with Gasteiger partial charge in [-0.25, -0.2) is 4.98 Å². The molecule has 1 aromatic carbocycles. The first-order valence-corrected chi connectivity index (χ1v) is 5.64. The zero-order valence-corrected chi connectivity index (χ0v) is 10.5. The van der Waals surface area contributed by atoms with Gasteiger partial charge in [-0.15, -0.1) is 0 Å². The van der Waals surface area contributed by atoms with Crippen LogP contribution in [0.15, 0.2) is 24.3 Å². The number of para-hydroxylation sites is 1. The number of benzene rings is 1. The third-order valence-electron chi connectivity index (χ3n) is 2.24. The molecule has 88 valence electrons. The van der Waals surface area contributed by atoms with Crippen molar-refractivity contribution in [2.24, 2.45) is 0 Å². The summed E-state index contributed by atoms with van der Waals surface area (Å²) in [5.41, 5.74) is 7.66. The van der Waals surface area contributed by atoms with E-state index in [1.807, 2.05) is 18.2 Å². The highest BCUT2D eigenvalue weighted by Gasteiger charge is 2.09. The van der Waals surface area contributed by atoms with E-state index in [4.69, 9.17) is 28.9 Å². The SMILES string of the molecule is Cc1nc(Cl)nc(Nc2ccccc2Cl)c1N. The van der Waals surface area contributed by atoms with Crippen molar-refractivity contribution >= 4 is 40.4 Å². The van der Waals surface area contributed by atoms with Crippen molar-refractivity contribution in [2.45, 2.75) is 6.92 Å². The lowest BCUT2D eigenvalue weighted by atomic mass is 10.3. The van der Waals surface area contributed by atoms with Crippen molar-refractivity contribution in [3.8, 4) is 0 Å². The number of hydrogen-bond donors (Lipinski definition) is 2. The minimum Gasteiger partial charge on any atom is -0.394 e. The maximum absolute atomic E-state index is 6.03. The van der Waals surface area contributed by atoms with Gasteiger partial charge >= 0.3 is 0 Å². The van der Waals surface area contributed by atoms with Gasteiger partial charge in [0.05, 0.1) is 22.1 Å². The Morgan fingerprint density at radius 1 is 1.18 bits per heavy atom. The molecule has 3 N–H and O–H groups in total. The van der Waals surface area contributed by atoms with Crippen molar-refractivity contribution in [1.29, 1.82) is 0 Å². The molecule has 0 radical (unpaired) electrons. The minimum absolute atomic E-state index is 0.145. The highest BCUT2D eigenvalue weighted by molar-refractivity contribution is 6.33. The standard InChI is InChI=1S/C11H10Cl2N4/c1-6-9(14)10(17-11(13)15-6)16-8-5-3-2-4-7(8)12/h2-5H,14H2,1H3,(H,15,16,17). The Balaban J connectivity index is 2.40. The van der Waals surface area contributed by atoms with Crippen LogP contribution in [-0.2, 0) is 0 Å². The summed E-state index contributed by atoms with van der Waals surface area (Å²) >= 11 is 11.8. The van der Waals surface area contributed by atoms with Crippen LogP contribution in [0.2, 0.25) is 10.3 Å². The van der Waals surface area contributed by atoms with E-state index in [1.165, 1.54) is 0 Å². The number of anilines is 3. The molecule has 6 heteroatoms. The van der Waals surface area contributed by atoms with Gasteiger partial charge in [0.1, 0.15) is 0 Å². The van der Waals surface area contributed by atoms with E-state index >= 15 is 0 Å². The normalized spacial score (nSPS) is 10.3. The third-order valence-corrected chi connectivity index (χ3v) is 2.73. The topological polar surface area (TPSA) is 63.8 Å². The van der Waals surface area contributed by atoms with Gasteiger partial charge < -0.3 is 11.1 Å². The monoisotopic (exact) mass is 268 g/mol. The summed E-state index contributed by atoms with van der Waals surface area (Å²) in [6.45, 7) is 1.76.